The standard InChI is InChI=1S/C16H17NO4S/c1-9-6-13(10(2)22-9)14(18)8-21-15-7-11(20-3)4-5-12(15)16(17)19/h4-7H,8H2,1-3H3,(H2,17,19). The molecule has 2 N–H and O–H groups in total. The lowest BCUT2D eigenvalue weighted by Gasteiger charge is -2.10. The molecule has 0 radical (unpaired) electrons. The summed E-state index contributed by atoms with van der Waals surface area (Å²) in [5.74, 6) is 0.00700. The van der Waals surface area contributed by atoms with E-state index in [1.165, 1.54) is 13.2 Å². The van der Waals surface area contributed by atoms with E-state index in [0.29, 0.717) is 11.3 Å². The molecule has 0 saturated heterocycles. The molecule has 0 aliphatic heterocycles. The highest BCUT2D eigenvalue weighted by Crippen LogP contribution is 2.26. The Morgan fingerprint density at radius 1 is 1.18 bits per heavy atom. The average Bonchev–Trinajstić information content (AvgIpc) is 2.83. The number of hydrogen-bond donors (Lipinski definition) is 1. The van der Waals surface area contributed by atoms with Crippen LogP contribution in [0.15, 0.2) is 24.3 Å². The number of nitrogens with two attached hydrogens (primary N) is 1. The van der Waals surface area contributed by atoms with Crippen LogP contribution in [-0.4, -0.2) is 25.4 Å². The zero-order valence-corrected chi connectivity index (χ0v) is 13.5. The summed E-state index contributed by atoms with van der Waals surface area (Å²) in [5.41, 5.74) is 6.17. The zero-order valence-electron chi connectivity index (χ0n) is 12.6. The summed E-state index contributed by atoms with van der Waals surface area (Å²) >= 11 is 1.56. The Morgan fingerprint density at radius 2 is 1.91 bits per heavy atom. The molecule has 0 bridgehead atoms. The van der Waals surface area contributed by atoms with Gasteiger partial charge in [0, 0.05) is 21.4 Å². The molecule has 0 aliphatic carbocycles. The van der Waals surface area contributed by atoms with Crippen molar-refractivity contribution in [3.63, 3.8) is 0 Å². The van der Waals surface area contributed by atoms with E-state index >= 15 is 0 Å². The van der Waals surface area contributed by atoms with Gasteiger partial charge in [0.15, 0.2) is 6.61 Å². The Labute approximate surface area is 132 Å². The first-order valence-electron chi connectivity index (χ1n) is 6.63. The number of rotatable bonds is 6. The lowest BCUT2D eigenvalue weighted by Crippen LogP contribution is -2.16. The molecule has 2 rings (SSSR count). The Bertz CT molecular complexity index is 721. The van der Waals surface area contributed by atoms with Gasteiger partial charge in [0.2, 0.25) is 5.78 Å². The minimum atomic E-state index is -0.618. The molecular formula is C16H17NO4S. The van der Waals surface area contributed by atoms with Crippen molar-refractivity contribution in [2.24, 2.45) is 5.73 Å². The lowest BCUT2D eigenvalue weighted by molar-refractivity contribution is 0.0911. The number of thiophene rings is 1. The van der Waals surface area contributed by atoms with Crippen LogP contribution in [0.4, 0.5) is 0 Å². The minimum Gasteiger partial charge on any atom is -0.497 e. The first kappa shape index (κ1) is 16.0. The highest BCUT2D eigenvalue weighted by molar-refractivity contribution is 7.12. The SMILES string of the molecule is COc1ccc(C(N)=O)c(OCC(=O)c2cc(C)sc2C)c1. The van der Waals surface area contributed by atoms with Gasteiger partial charge in [-0.15, -0.1) is 11.3 Å². The molecule has 1 amide bonds. The van der Waals surface area contributed by atoms with Gasteiger partial charge in [-0.3, -0.25) is 9.59 Å². The summed E-state index contributed by atoms with van der Waals surface area (Å²) in [7, 11) is 1.51. The number of primary amides is 1. The molecule has 0 fully saturated rings. The van der Waals surface area contributed by atoms with E-state index in [4.69, 9.17) is 15.2 Å². The van der Waals surface area contributed by atoms with Gasteiger partial charge in [0.25, 0.3) is 5.91 Å². The number of carbonyl (C=O) groups is 2. The smallest absolute Gasteiger partial charge is 0.252 e. The number of aryl methyl sites for hydroxylation is 2. The lowest BCUT2D eigenvalue weighted by atomic mass is 10.1. The van der Waals surface area contributed by atoms with E-state index in [0.717, 1.165) is 9.75 Å². The fourth-order valence-corrected chi connectivity index (χ4v) is 3.02. The summed E-state index contributed by atoms with van der Waals surface area (Å²) in [6, 6.07) is 6.51. The quantitative estimate of drug-likeness (QED) is 0.830. The number of amides is 1. The molecule has 0 aliphatic rings. The van der Waals surface area contributed by atoms with Crippen LogP contribution in [0.3, 0.4) is 0 Å². The van der Waals surface area contributed by atoms with Crippen LogP contribution in [-0.2, 0) is 0 Å². The molecule has 116 valence electrons. The first-order valence-corrected chi connectivity index (χ1v) is 7.45. The zero-order chi connectivity index (χ0) is 16.3. The van der Waals surface area contributed by atoms with Crippen molar-refractivity contribution in [2.75, 3.05) is 13.7 Å². The number of ether oxygens (including phenoxy) is 2. The predicted octanol–water partition coefficient (Wildman–Crippen LogP) is 2.73. The highest BCUT2D eigenvalue weighted by atomic mass is 32.1. The summed E-state index contributed by atoms with van der Waals surface area (Å²) < 4.78 is 10.6. The second-order valence-corrected chi connectivity index (χ2v) is 6.23. The number of ketones is 1. The molecule has 1 aromatic carbocycles. The Balaban J connectivity index is 2.18. The largest absolute Gasteiger partial charge is 0.497 e. The number of methoxy groups -OCH3 is 1. The van der Waals surface area contributed by atoms with Crippen LogP contribution in [0.2, 0.25) is 0 Å². The van der Waals surface area contributed by atoms with Crippen molar-refractivity contribution in [1.82, 2.24) is 0 Å². The van der Waals surface area contributed by atoms with Crippen LogP contribution in [0, 0.1) is 13.8 Å². The Morgan fingerprint density at radius 3 is 2.45 bits per heavy atom. The van der Waals surface area contributed by atoms with Crippen molar-refractivity contribution >= 4 is 23.0 Å². The van der Waals surface area contributed by atoms with Crippen molar-refractivity contribution in [3.05, 3.63) is 45.1 Å². The van der Waals surface area contributed by atoms with Crippen molar-refractivity contribution < 1.29 is 19.1 Å². The normalized spacial score (nSPS) is 10.3. The van der Waals surface area contributed by atoms with Crippen LogP contribution in [0.25, 0.3) is 0 Å². The monoisotopic (exact) mass is 319 g/mol. The predicted molar refractivity (Wildman–Crippen MR) is 85.1 cm³/mol. The van der Waals surface area contributed by atoms with E-state index in [1.807, 2.05) is 19.9 Å². The fraction of sp³-hybridized carbons (Fsp3) is 0.250. The summed E-state index contributed by atoms with van der Waals surface area (Å²) in [5, 5.41) is 0. The van der Waals surface area contributed by atoms with Gasteiger partial charge in [-0.1, -0.05) is 0 Å². The van der Waals surface area contributed by atoms with Crippen LogP contribution in [0.5, 0.6) is 11.5 Å². The Hall–Kier alpha value is -2.34. The molecule has 6 heteroatoms. The molecule has 5 nitrogen and oxygen atoms in total. The molecule has 0 atom stereocenters. The summed E-state index contributed by atoms with van der Waals surface area (Å²) in [6.07, 6.45) is 0. The molecule has 1 heterocycles. The number of carbonyl (C=O) groups excluding carboxylic acids is 2. The van der Waals surface area contributed by atoms with Gasteiger partial charge in [0.05, 0.1) is 12.7 Å². The molecule has 1 aromatic heterocycles. The summed E-state index contributed by atoms with van der Waals surface area (Å²) in [4.78, 5) is 25.7. The third kappa shape index (κ3) is 3.46. The van der Waals surface area contributed by atoms with Gasteiger partial charge in [-0.05, 0) is 32.0 Å². The second-order valence-electron chi connectivity index (χ2n) is 4.77. The second kappa shape index (κ2) is 6.62. The molecule has 2 aromatic rings. The van der Waals surface area contributed by atoms with E-state index in [1.54, 1.807) is 23.5 Å². The van der Waals surface area contributed by atoms with Crippen molar-refractivity contribution in [3.8, 4) is 11.5 Å². The fourth-order valence-electron chi connectivity index (χ4n) is 2.08. The van der Waals surface area contributed by atoms with Gasteiger partial charge < -0.3 is 15.2 Å². The molecule has 22 heavy (non-hydrogen) atoms. The third-order valence-corrected chi connectivity index (χ3v) is 4.12. The van der Waals surface area contributed by atoms with E-state index in [-0.39, 0.29) is 23.7 Å². The first-order chi connectivity index (χ1) is 10.4. The highest BCUT2D eigenvalue weighted by Gasteiger charge is 2.16. The third-order valence-electron chi connectivity index (χ3n) is 3.15. The average molecular weight is 319 g/mol. The Kier molecular flexibility index (Phi) is 4.82. The molecule has 0 unspecified atom stereocenters. The van der Waals surface area contributed by atoms with Crippen LogP contribution < -0.4 is 15.2 Å². The molecular weight excluding hydrogens is 302 g/mol. The molecule has 0 saturated carbocycles. The maximum absolute atomic E-state index is 12.2. The number of Topliss-reactive ketones (excluding diaryl/α,β-unsaturated/α-hetero) is 1. The van der Waals surface area contributed by atoms with Crippen LogP contribution >= 0.6 is 11.3 Å². The van der Waals surface area contributed by atoms with E-state index in [9.17, 15) is 9.59 Å². The van der Waals surface area contributed by atoms with Gasteiger partial charge in [-0.2, -0.15) is 0 Å². The van der Waals surface area contributed by atoms with Gasteiger partial charge >= 0.3 is 0 Å². The minimum absolute atomic E-state index is 0.139. The summed E-state index contributed by atoms with van der Waals surface area (Å²) in [6.45, 7) is 3.68. The van der Waals surface area contributed by atoms with Crippen LogP contribution in [0.1, 0.15) is 30.5 Å². The maximum Gasteiger partial charge on any atom is 0.252 e. The maximum atomic E-state index is 12.2. The van der Waals surface area contributed by atoms with Crippen molar-refractivity contribution in [1.29, 1.82) is 0 Å². The van der Waals surface area contributed by atoms with Gasteiger partial charge in [-0.25, -0.2) is 0 Å². The topological polar surface area (TPSA) is 78.6 Å². The number of hydrogen-bond acceptors (Lipinski definition) is 5. The van der Waals surface area contributed by atoms with E-state index < -0.39 is 5.91 Å². The van der Waals surface area contributed by atoms with E-state index in [2.05, 4.69) is 0 Å². The molecule has 0 spiro atoms. The number of benzene rings is 1. The van der Waals surface area contributed by atoms with Crippen molar-refractivity contribution in [2.45, 2.75) is 13.8 Å². The van der Waals surface area contributed by atoms with Gasteiger partial charge in [0.1, 0.15) is 11.5 Å².